The van der Waals surface area contributed by atoms with E-state index in [4.69, 9.17) is 5.11 Å². The van der Waals surface area contributed by atoms with Crippen LogP contribution in [-0.2, 0) is 4.79 Å². The highest BCUT2D eigenvalue weighted by Gasteiger charge is 2.28. The summed E-state index contributed by atoms with van der Waals surface area (Å²) in [6, 6.07) is 0.382. The molecule has 17 heavy (non-hydrogen) atoms. The van der Waals surface area contributed by atoms with Gasteiger partial charge in [0, 0.05) is 31.7 Å². The number of likely N-dealkylation sites (tertiary alicyclic amines) is 1. The molecular weight excluding hydrogens is 216 g/mol. The molecule has 4 heteroatoms. The molecule has 4 nitrogen and oxygen atoms in total. The second kappa shape index (κ2) is 6.97. The van der Waals surface area contributed by atoms with Crippen molar-refractivity contribution in [3.63, 3.8) is 0 Å². The minimum absolute atomic E-state index is 0.0818. The summed E-state index contributed by atoms with van der Waals surface area (Å²) in [6.45, 7) is 8.86. The molecular formula is C13H26N2O2. The Labute approximate surface area is 104 Å². The van der Waals surface area contributed by atoms with Gasteiger partial charge in [0.25, 0.3) is 0 Å². The summed E-state index contributed by atoms with van der Waals surface area (Å²) in [5.41, 5.74) is 0. The molecule has 2 unspecified atom stereocenters. The van der Waals surface area contributed by atoms with E-state index in [1.807, 2.05) is 18.7 Å². The molecule has 0 spiro atoms. The number of carbonyl (C=O) groups is 1. The largest absolute Gasteiger partial charge is 0.396 e. The molecule has 0 bridgehead atoms. The second-order valence-electron chi connectivity index (χ2n) is 5.47. The summed E-state index contributed by atoms with van der Waals surface area (Å²) in [5.74, 6) is 0.891. The lowest BCUT2D eigenvalue weighted by Crippen LogP contribution is -2.51. The highest BCUT2D eigenvalue weighted by Crippen LogP contribution is 2.18. The minimum atomic E-state index is 0.0818. The van der Waals surface area contributed by atoms with Crippen molar-refractivity contribution in [2.45, 2.75) is 39.7 Å². The lowest BCUT2D eigenvalue weighted by molar-refractivity contribution is -0.136. The third-order valence-corrected chi connectivity index (χ3v) is 3.23. The lowest BCUT2D eigenvalue weighted by atomic mass is 9.95. The van der Waals surface area contributed by atoms with E-state index in [9.17, 15) is 4.79 Å². The molecule has 1 heterocycles. The quantitative estimate of drug-likeness (QED) is 0.703. The summed E-state index contributed by atoms with van der Waals surface area (Å²) in [7, 11) is 0. The van der Waals surface area contributed by atoms with E-state index in [1.165, 1.54) is 0 Å². The van der Waals surface area contributed by atoms with Crippen LogP contribution in [0.15, 0.2) is 0 Å². The molecule has 0 saturated carbocycles. The number of nitrogens with one attached hydrogen (secondary N) is 1. The first-order valence-corrected chi connectivity index (χ1v) is 6.67. The van der Waals surface area contributed by atoms with Crippen LogP contribution in [0.2, 0.25) is 0 Å². The Morgan fingerprint density at radius 2 is 2.18 bits per heavy atom. The van der Waals surface area contributed by atoms with E-state index in [1.54, 1.807) is 0 Å². The van der Waals surface area contributed by atoms with Gasteiger partial charge in [-0.3, -0.25) is 4.79 Å². The molecule has 2 atom stereocenters. The van der Waals surface area contributed by atoms with E-state index in [-0.39, 0.29) is 18.4 Å². The van der Waals surface area contributed by atoms with Crippen molar-refractivity contribution in [3.8, 4) is 0 Å². The van der Waals surface area contributed by atoms with Crippen LogP contribution in [0, 0.1) is 11.8 Å². The number of carbonyl (C=O) groups excluding carboxylic acids is 1. The predicted octanol–water partition coefficient (Wildman–Crippen LogP) is 0.851. The number of amides is 1. The average molecular weight is 242 g/mol. The topological polar surface area (TPSA) is 52.6 Å². The van der Waals surface area contributed by atoms with Crippen LogP contribution in [0.4, 0.5) is 0 Å². The van der Waals surface area contributed by atoms with Gasteiger partial charge in [-0.2, -0.15) is 0 Å². The summed E-state index contributed by atoms with van der Waals surface area (Å²) in [6.07, 6.45) is 1.90. The highest BCUT2D eigenvalue weighted by atomic mass is 16.3. The average Bonchev–Trinajstić information content (AvgIpc) is 2.27. The van der Waals surface area contributed by atoms with Gasteiger partial charge in [0.1, 0.15) is 0 Å². The third kappa shape index (κ3) is 4.64. The van der Waals surface area contributed by atoms with Gasteiger partial charge in [0.15, 0.2) is 0 Å². The number of hydrogen-bond donors (Lipinski definition) is 2. The number of nitrogens with zero attached hydrogens (tertiary/aromatic N) is 1. The van der Waals surface area contributed by atoms with Crippen LogP contribution in [0.5, 0.6) is 0 Å². The van der Waals surface area contributed by atoms with Crippen LogP contribution in [0.1, 0.15) is 33.6 Å². The fourth-order valence-corrected chi connectivity index (χ4v) is 2.43. The number of piperidine rings is 1. The van der Waals surface area contributed by atoms with Crippen molar-refractivity contribution >= 4 is 5.91 Å². The fourth-order valence-electron chi connectivity index (χ4n) is 2.43. The van der Waals surface area contributed by atoms with Crippen LogP contribution in [-0.4, -0.2) is 48.2 Å². The molecule has 1 aliphatic rings. The maximum atomic E-state index is 12.0. The van der Waals surface area contributed by atoms with Crippen LogP contribution < -0.4 is 5.32 Å². The third-order valence-electron chi connectivity index (χ3n) is 3.23. The molecule has 2 N–H and O–H groups in total. The van der Waals surface area contributed by atoms with E-state index in [2.05, 4.69) is 12.2 Å². The molecule has 1 rings (SSSR count). The Morgan fingerprint density at radius 1 is 1.47 bits per heavy atom. The van der Waals surface area contributed by atoms with E-state index >= 15 is 0 Å². The molecule has 0 radical (unpaired) electrons. The Balaban J connectivity index is 2.44. The summed E-state index contributed by atoms with van der Waals surface area (Å²) in [5, 5.41) is 12.2. The number of aliphatic hydroxyl groups is 1. The van der Waals surface area contributed by atoms with E-state index < -0.39 is 0 Å². The van der Waals surface area contributed by atoms with Gasteiger partial charge in [-0.05, 0) is 25.3 Å². The Morgan fingerprint density at radius 3 is 2.76 bits per heavy atom. The monoisotopic (exact) mass is 242 g/mol. The molecule has 100 valence electrons. The summed E-state index contributed by atoms with van der Waals surface area (Å²) in [4.78, 5) is 14.0. The van der Waals surface area contributed by atoms with Crippen molar-refractivity contribution in [1.29, 1.82) is 0 Å². The molecule has 0 aromatic rings. The fraction of sp³-hybridized carbons (Fsp3) is 0.923. The summed E-state index contributed by atoms with van der Waals surface area (Å²) >= 11 is 0. The van der Waals surface area contributed by atoms with Crippen LogP contribution >= 0.6 is 0 Å². The first-order chi connectivity index (χ1) is 8.04. The lowest BCUT2D eigenvalue weighted by Gasteiger charge is -2.37. The van der Waals surface area contributed by atoms with Gasteiger partial charge < -0.3 is 15.3 Å². The van der Waals surface area contributed by atoms with Gasteiger partial charge in [-0.1, -0.05) is 20.8 Å². The van der Waals surface area contributed by atoms with Gasteiger partial charge in [0.2, 0.25) is 5.91 Å². The Hall–Kier alpha value is -0.610. The second-order valence-corrected chi connectivity index (χ2v) is 5.47. The highest BCUT2D eigenvalue weighted by molar-refractivity contribution is 5.78. The maximum Gasteiger partial charge on any atom is 0.225 e. The van der Waals surface area contributed by atoms with E-state index in [0.29, 0.717) is 12.0 Å². The van der Waals surface area contributed by atoms with Gasteiger partial charge in [-0.15, -0.1) is 0 Å². The van der Waals surface area contributed by atoms with Gasteiger partial charge >= 0.3 is 0 Å². The van der Waals surface area contributed by atoms with Crippen LogP contribution in [0.3, 0.4) is 0 Å². The predicted molar refractivity (Wildman–Crippen MR) is 68.7 cm³/mol. The number of hydrogen-bond acceptors (Lipinski definition) is 3. The maximum absolute atomic E-state index is 12.0. The zero-order valence-corrected chi connectivity index (χ0v) is 11.3. The minimum Gasteiger partial charge on any atom is -0.396 e. The number of aliphatic hydroxyl groups excluding tert-OH is 1. The van der Waals surface area contributed by atoms with Crippen molar-refractivity contribution < 1.29 is 9.90 Å². The molecule has 0 aromatic carbocycles. The first kappa shape index (κ1) is 14.5. The molecule has 1 amide bonds. The zero-order valence-electron chi connectivity index (χ0n) is 11.3. The van der Waals surface area contributed by atoms with Crippen LogP contribution in [0.25, 0.3) is 0 Å². The van der Waals surface area contributed by atoms with Gasteiger partial charge in [-0.25, -0.2) is 0 Å². The van der Waals surface area contributed by atoms with Gasteiger partial charge in [0.05, 0.1) is 0 Å². The first-order valence-electron chi connectivity index (χ1n) is 6.67. The smallest absolute Gasteiger partial charge is 0.225 e. The van der Waals surface area contributed by atoms with Crippen molar-refractivity contribution in [1.82, 2.24) is 10.2 Å². The number of rotatable bonds is 5. The molecule has 0 aromatic heterocycles. The normalized spacial score (nSPS) is 25.4. The van der Waals surface area contributed by atoms with Crippen molar-refractivity contribution in [2.24, 2.45) is 11.8 Å². The zero-order chi connectivity index (χ0) is 12.8. The summed E-state index contributed by atoms with van der Waals surface area (Å²) < 4.78 is 0. The molecule has 0 aliphatic carbocycles. The van der Waals surface area contributed by atoms with Crippen molar-refractivity contribution in [2.75, 3.05) is 26.2 Å². The molecule has 1 fully saturated rings. The van der Waals surface area contributed by atoms with E-state index in [0.717, 1.165) is 32.5 Å². The Bertz CT molecular complexity index is 244. The standard InChI is InChI=1S/C13H26N2O2/c1-10(2)13(17)15-8-11(3)7-12(9-15)14-5-4-6-16/h10-12,14,16H,4-9H2,1-3H3. The Kier molecular flexibility index (Phi) is 5.92. The molecule has 1 saturated heterocycles. The SMILES string of the molecule is CC1CC(NCCCO)CN(C(=O)C(C)C)C1. The molecule has 1 aliphatic heterocycles. The van der Waals surface area contributed by atoms with Crippen molar-refractivity contribution in [3.05, 3.63) is 0 Å².